The van der Waals surface area contributed by atoms with Gasteiger partial charge in [-0.15, -0.1) is 0 Å². The Bertz CT molecular complexity index is 861. The fourth-order valence-electron chi connectivity index (χ4n) is 4.55. The van der Waals surface area contributed by atoms with Gasteiger partial charge in [-0.2, -0.15) is 0 Å². The van der Waals surface area contributed by atoms with Gasteiger partial charge in [-0.1, -0.05) is 30.3 Å². The molecule has 2 aromatic rings. The molecule has 4 saturated heterocycles. The average molecular weight is 307 g/mol. The van der Waals surface area contributed by atoms with Crippen molar-refractivity contribution in [3.63, 3.8) is 0 Å². The number of anilines is 1. The first-order valence-electron chi connectivity index (χ1n) is 7.91. The van der Waals surface area contributed by atoms with Crippen LogP contribution in [-0.4, -0.2) is 36.2 Å². The van der Waals surface area contributed by atoms with E-state index in [0.717, 1.165) is 10.8 Å². The number of fused-ring (bicyclic) bond motifs is 9. The third-order valence-electron chi connectivity index (χ3n) is 5.62. The summed E-state index contributed by atoms with van der Waals surface area (Å²) in [4.78, 5) is 27.1. The Kier molecular flexibility index (Phi) is 2.02. The van der Waals surface area contributed by atoms with Crippen LogP contribution in [0.1, 0.15) is 0 Å². The SMILES string of the molecule is O=C1[C@H]2[C@H]3OC([C@H]2C(=O)N1c1ccc2ccccc2c1)[C@@H]1O[C@H]31. The summed E-state index contributed by atoms with van der Waals surface area (Å²) in [6.07, 6.45) is -0.432. The highest BCUT2D eigenvalue weighted by Crippen LogP contribution is 2.57. The van der Waals surface area contributed by atoms with Gasteiger partial charge in [0.1, 0.15) is 12.2 Å². The van der Waals surface area contributed by atoms with Crippen LogP contribution in [0.3, 0.4) is 0 Å². The summed E-state index contributed by atoms with van der Waals surface area (Å²) in [6.45, 7) is 0. The zero-order valence-corrected chi connectivity index (χ0v) is 12.1. The fourth-order valence-corrected chi connectivity index (χ4v) is 4.55. The summed E-state index contributed by atoms with van der Waals surface area (Å²) < 4.78 is 11.3. The first-order chi connectivity index (χ1) is 11.2. The standard InChI is InChI=1S/C18H13NO4/c20-17-11-12(14-16-15(23-16)13(11)22-14)18(21)19(17)10-6-5-8-3-1-2-4-9(8)7-10/h1-7,11-16H/t11-,12+,13-,14?,15-,16+/m1/s1. The highest BCUT2D eigenvalue weighted by atomic mass is 16.7. The van der Waals surface area contributed by atoms with Crippen molar-refractivity contribution < 1.29 is 19.1 Å². The number of rotatable bonds is 1. The van der Waals surface area contributed by atoms with Crippen LogP contribution < -0.4 is 4.90 Å². The summed E-state index contributed by atoms with van der Waals surface area (Å²) in [5, 5.41) is 2.11. The maximum atomic E-state index is 12.9. The van der Waals surface area contributed by atoms with Crippen molar-refractivity contribution in [3.05, 3.63) is 42.5 Å². The van der Waals surface area contributed by atoms with Gasteiger partial charge in [-0.05, 0) is 22.9 Å². The number of imide groups is 1. The van der Waals surface area contributed by atoms with Gasteiger partial charge in [0, 0.05) is 0 Å². The third-order valence-corrected chi connectivity index (χ3v) is 5.62. The number of hydrogen-bond acceptors (Lipinski definition) is 4. The number of hydrogen-bond donors (Lipinski definition) is 0. The molecule has 0 N–H and O–H groups in total. The van der Waals surface area contributed by atoms with Gasteiger partial charge in [0.25, 0.3) is 0 Å². The van der Waals surface area contributed by atoms with Crippen molar-refractivity contribution in [2.75, 3.05) is 4.90 Å². The van der Waals surface area contributed by atoms with E-state index < -0.39 is 0 Å². The lowest BCUT2D eigenvalue weighted by atomic mass is 9.81. The molecule has 2 aromatic carbocycles. The first kappa shape index (κ1) is 12.2. The number of carbonyl (C=O) groups is 2. The molecule has 0 aromatic heterocycles. The van der Waals surface area contributed by atoms with E-state index in [1.165, 1.54) is 4.90 Å². The monoisotopic (exact) mass is 307 g/mol. The van der Waals surface area contributed by atoms with Crippen LogP contribution in [0.15, 0.2) is 42.5 Å². The third kappa shape index (κ3) is 1.36. The minimum atomic E-state index is -0.372. The molecule has 6 rings (SSSR count). The highest BCUT2D eigenvalue weighted by Gasteiger charge is 2.75. The van der Waals surface area contributed by atoms with Crippen molar-refractivity contribution >= 4 is 28.3 Å². The zero-order valence-electron chi connectivity index (χ0n) is 12.1. The van der Waals surface area contributed by atoms with E-state index in [9.17, 15) is 9.59 Å². The minimum Gasteiger partial charge on any atom is -0.368 e. The molecule has 0 radical (unpaired) electrons. The van der Waals surface area contributed by atoms with Crippen molar-refractivity contribution in [2.24, 2.45) is 11.8 Å². The second kappa shape index (κ2) is 3.80. The number of amides is 2. The molecule has 0 saturated carbocycles. The summed E-state index contributed by atoms with van der Waals surface area (Å²) in [7, 11) is 0. The van der Waals surface area contributed by atoms with Gasteiger partial charge < -0.3 is 9.47 Å². The first-order valence-corrected chi connectivity index (χ1v) is 7.91. The van der Waals surface area contributed by atoms with E-state index >= 15 is 0 Å². The molecule has 5 heteroatoms. The Hall–Kier alpha value is -2.24. The van der Waals surface area contributed by atoms with Crippen LogP contribution >= 0.6 is 0 Å². The van der Waals surface area contributed by atoms with Crippen LogP contribution in [-0.2, 0) is 19.1 Å². The van der Waals surface area contributed by atoms with Crippen molar-refractivity contribution in [1.29, 1.82) is 0 Å². The van der Waals surface area contributed by atoms with Crippen LogP contribution in [0.2, 0.25) is 0 Å². The molecule has 4 aliphatic heterocycles. The minimum absolute atomic E-state index is 0.0227. The molecule has 5 nitrogen and oxygen atoms in total. The highest BCUT2D eigenvalue weighted by molar-refractivity contribution is 6.23. The number of ether oxygens (including phenoxy) is 2. The van der Waals surface area contributed by atoms with Gasteiger partial charge >= 0.3 is 0 Å². The normalized spacial score (nSPS) is 39.9. The number of carbonyl (C=O) groups excluding carboxylic acids is 2. The van der Waals surface area contributed by atoms with E-state index in [1.54, 1.807) is 0 Å². The molecule has 2 amide bonds. The van der Waals surface area contributed by atoms with Gasteiger partial charge in [0.05, 0.1) is 29.7 Å². The lowest BCUT2D eigenvalue weighted by Crippen LogP contribution is -2.35. The summed E-state index contributed by atoms with van der Waals surface area (Å²) in [5.74, 6) is -1.03. The summed E-state index contributed by atoms with van der Waals surface area (Å²) >= 11 is 0. The molecule has 0 spiro atoms. The van der Waals surface area contributed by atoms with Crippen molar-refractivity contribution in [2.45, 2.75) is 24.4 Å². The maximum Gasteiger partial charge on any atom is 0.240 e. The Morgan fingerprint density at radius 2 is 1.35 bits per heavy atom. The van der Waals surface area contributed by atoms with E-state index in [-0.39, 0.29) is 48.1 Å². The molecule has 1 unspecified atom stereocenters. The predicted molar refractivity (Wildman–Crippen MR) is 80.7 cm³/mol. The van der Waals surface area contributed by atoms with Crippen LogP contribution in [0.4, 0.5) is 5.69 Å². The van der Waals surface area contributed by atoms with Crippen molar-refractivity contribution in [3.8, 4) is 0 Å². The van der Waals surface area contributed by atoms with Crippen LogP contribution in [0, 0.1) is 11.8 Å². The van der Waals surface area contributed by atoms with Crippen molar-refractivity contribution in [1.82, 2.24) is 0 Å². The molecule has 114 valence electrons. The Morgan fingerprint density at radius 1 is 0.739 bits per heavy atom. The fraction of sp³-hybridized carbons (Fsp3) is 0.333. The predicted octanol–water partition coefficient (Wildman–Crippen LogP) is 1.49. The van der Waals surface area contributed by atoms with Gasteiger partial charge in [0.15, 0.2) is 0 Å². The van der Waals surface area contributed by atoms with E-state index in [4.69, 9.17) is 9.47 Å². The van der Waals surface area contributed by atoms with E-state index in [0.29, 0.717) is 5.69 Å². The quantitative estimate of drug-likeness (QED) is 0.592. The Labute approximate surface area is 131 Å². The molecule has 23 heavy (non-hydrogen) atoms. The van der Waals surface area contributed by atoms with E-state index in [2.05, 4.69) is 0 Å². The summed E-state index contributed by atoms with van der Waals surface area (Å²) in [6, 6.07) is 13.6. The molecular weight excluding hydrogens is 294 g/mol. The van der Waals surface area contributed by atoms with Gasteiger partial charge in [-0.25, -0.2) is 4.90 Å². The zero-order chi connectivity index (χ0) is 15.3. The molecule has 6 atom stereocenters. The second-order valence-corrected chi connectivity index (χ2v) is 6.73. The van der Waals surface area contributed by atoms with Gasteiger partial charge in [-0.3, -0.25) is 9.59 Å². The van der Waals surface area contributed by atoms with Crippen LogP contribution in [0.25, 0.3) is 10.8 Å². The average Bonchev–Trinajstić information content (AvgIpc) is 3.08. The lowest BCUT2D eigenvalue weighted by molar-refractivity contribution is -0.126. The Balaban J connectivity index is 1.45. The van der Waals surface area contributed by atoms with Gasteiger partial charge in [0.2, 0.25) is 11.8 Å². The van der Waals surface area contributed by atoms with Crippen LogP contribution in [0.5, 0.6) is 0 Å². The number of benzene rings is 2. The maximum absolute atomic E-state index is 12.9. The molecule has 0 aliphatic carbocycles. The number of nitrogens with zero attached hydrogens (tertiary/aromatic N) is 1. The number of epoxide rings is 1. The molecule has 2 bridgehead atoms. The lowest BCUT2D eigenvalue weighted by Gasteiger charge is -2.19. The summed E-state index contributed by atoms with van der Waals surface area (Å²) in [5.41, 5.74) is 0.655. The topological polar surface area (TPSA) is 59.1 Å². The molecular formula is C18H13NO4. The molecule has 4 fully saturated rings. The molecule has 4 aliphatic rings. The van der Waals surface area contributed by atoms with E-state index in [1.807, 2.05) is 42.5 Å². The second-order valence-electron chi connectivity index (χ2n) is 6.73. The Morgan fingerprint density at radius 3 is 2.04 bits per heavy atom. The largest absolute Gasteiger partial charge is 0.368 e. The molecule has 4 heterocycles. The smallest absolute Gasteiger partial charge is 0.240 e.